The Morgan fingerprint density at radius 2 is 1.62 bits per heavy atom. The molecule has 1 heterocycles. The van der Waals surface area contributed by atoms with E-state index in [1.165, 1.54) is 16.7 Å². The largest absolute Gasteiger partial charge is 0.462 e. The predicted octanol–water partition coefficient (Wildman–Crippen LogP) is 10.1. The number of carbonyl (C=O) groups is 3. The lowest BCUT2D eigenvalue weighted by atomic mass is 9.38. The minimum atomic E-state index is -0.703. The van der Waals surface area contributed by atoms with Crippen molar-refractivity contribution in [1.29, 1.82) is 0 Å². The van der Waals surface area contributed by atoms with Gasteiger partial charge in [-0.2, -0.15) is 0 Å². The molecule has 10 unspecified atom stereocenters. The molecule has 1 aromatic heterocycles. The van der Waals surface area contributed by atoms with Crippen molar-refractivity contribution >= 4 is 18.5 Å². The fourth-order valence-electron chi connectivity index (χ4n) is 12.1. The van der Waals surface area contributed by atoms with Crippen molar-refractivity contribution in [1.82, 2.24) is 10.2 Å². The Morgan fingerprint density at radius 3 is 2.27 bits per heavy atom. The third kappa shape index (κ3) is 6.54. The molecule has 0 radical (unpaired) electrons. The van der Waals surface area contributed by atoms with Crippen molar-refractivity contribution in [2.24, 2.45) is 51.8 Å². The normalized spacial score (nSPS) is 36.2. The molecule has 0 saturated heterocycles. The van der Waals surface area contributed by atoms with E-state index < -0.39 is 10.8 Å². The van der Waals surface area contributed by atoms with Gasteiger partial charge in [-0.25, -0.2) is 0 Å². The lowest BCUT2D eigenvalue weighted by molar-refractivity contribution is -0.190. The van der Waals surface area contributed by atoms with Crippen molar-refractivity contribution in [3.8, 4) is 0 Å². The number of rotatable bonds is 10. The van der Waals surface area contributed by atoms with Crippen molar-refractivity contribution in [3.05, 3.63) is 58.3 Å². The Labute approximate surface area is 312 Å². The summed E-state index contributed by atoms with van der Waals surface area (Å²) in [6, 6.07) is 8.51. The van der Waals surface area contributed by atoms with Crippen molar-refractivity contribution in [2.75, 3.05) is 0 Å². The number of aryl methyl sites for hydroxylation is 1. The first kappa shape index (κ1) is 38.6. The van der Waals surface area contributed by atoms with Crippen LogP contribution in [-0.4, -0.2) is 34.8 Å². The summed E-state index contributed by atoms with van der Waals surface area (Å²) in [7, 11) is 0. The van der Waals surface area contributed by atoms with Crippen LogP contribution in [0.3, 0.4) is 0 Å². The van der Waals surface area contributed by atoms with Crippen LogP contribution >= 0.6 is 0 Å². The number of ether oxygens (including phenoxy) is 1. The minimum Gasteiger partial charge on any atom is -0.462 e. The molecule has 4 aliphatic rings. The molecule has 52 heavy (non-hydrogen) atoms. The molecule has 10 atom stereocenters. The number of allylic oxidation sites excluding steroid dienone is 2. The number of nitrogens with zero attached hydrogens (tertiary/aromatic N) is 2. The zero-order valence-electron chi connectivity index (χ0n) is 33.6. The average molecular weight is 713 g/mol. The maximum Gasteiger partial charge on any atom is 0.307 e. The van der Waals surface area contributed by atoms with E-state index in [2.05, 4.69) is 84.8 Å². The number of aromatic nitrogens is 2. The van der Waals surface area contributed by atoms with Gasteiger partial charge in [0.1, 0.15) is 18.7 Å². The molecule has 6 rings (SSSR count). The van der Waals surface area contributed by atoms with Crippen LogP contribution in [0.1, 0.15) is 155 Å². The molecule has 7 heteroatoms. The van der Waals surface area contributed by atoms with Gasteiger partial charge in [-0.3, -0.25) is 4.79 Å². The second-order valence-electron chi connectivity index (χ2n) is 19.0. The molecule has 1 aromatic carbocycles. The summed E-state index contributed by atoms with van der Waals surface area (Å²) in [4.78, 5) is 37.1. The van der Waals surface area contributed by atoms with E-state index in [9.17, 15) is 14.4 Å². The lowest BCUT2D eigenvalue weighted by Crippen LogP contribution is -2.61. The van der Waals surface area contributed by atoms with Crippen molar-refractivity contribution in [3.63, 3.8) is 0 Å². The van der Waals surface area contributed by atoms with Crippen LogP contribution in [0, 0.1) is 58.7 Å². The smallest absolute Gasteiger partial charge is 0.307 e. The maximum absolute atomic E-state index is 12.9. The third-order valence-electron chi connectivity index (χ3n) is 15.2. The van der Waals surface area contributed by atoms with Crippen LogP contribution < -0.4 is 0 Å². The van der Waals surface area contributed by atoms with Gasteiger partial charge in [0, 0.05) is 11.8 Å². The number of fused-ring (bicyclic) bond motifs is 5. The Balaban J connectivity index is 1.29. The Hall–Kier alpha value is -3.09. The SMILES string of the molecule is CC(=C1C2CCC3C(C)(CCC4C(C)C(OC(=O)CC(C)(C)C=O)CCC43C)C2CCC1(CC=O)c1nnc(C(C)c2ccc(C)cc2)o1)C(C)C. The molecule has 284 valence electrons. The molecule has 0 aliphatic heterocycles. The first-order valence-corrected chi connectivity index (χ1v) is 20.2. The summed E-state index contributed by atoms with van der Waals surface area (Å²) in [6.07, 6.45) is 10.7. The van der Waals surface area contributed by atoms with E-state index in [0.717, 1.165) is 69.5 Å². The summed E-state index contributed by atoms with van der Waals surface area (Å²) >= 11 is 0. The van der Waals surface area contributed by atoms with Crippen molar-refractivity contribution in [2.45, 2.75) is 151 Å². The van der Waals surface area contributed by atoms with E-state index in [1.54, 1.807) is 13.8 Å². The quantitative estimate of drug-likeness (QED) is 0.137. The summed E-state index contributed by atoms with van der Waals surface area (Å²) in [5.41, 5.74) is 4.18. The number of hydrogen-bond donors (Lipinski definition) is 0. The van der Waals surface area contributed by atoms with Gasteiger partial charge >= 0.3 is 5.97 Å². The maximum atomic E-state index is 12.9. The second-order valence-corrected chi connectivity index (χ2v) is 19.0. The molecule has 4 fully saturated rings. The van der Waals surface area contributed by atoms with Crippen LogP contribution in [0.15, 0.2) is 39.8 Å². The first-order chi connectivity index (χ1) is 24.5. The standard InChI is InChI=1S/C45H64N2O5/c1-27(2)29(4)39-33-15-16-37-43(9)21-19-36(51-38(50)25-42(7,8)26-49)31(6)34(43)17-20-44(37,10)35(33)18-22-45(39,23-24-48)41-47-46-40(52-41)30(5)32-13-11-28(3)12-14-32/h11-14,24,26-27,30-31,33-37H,15-23,25H2,1-10H3. The fourth-order valence-corrected chi connectivity index (χ4v) is 12.1. The van der Waals surface area contributed by atoms with Gasteiger partial charge in [0.05, 0.1) is 17.8 Å². The van der Waals surface area contributed by atoms with Crippen molar-refractivity contribution < 1.29 is 23.5 Å². The highest BCUT2D eigenvalue weighted by Gasteiger charge is 2.64. The van der Waals surface area contributed by atoms with E-state index in [4.69, 9.17) is 14.3 Å². The number of hydrogen-bond acceptors (Lipinski definition) is 7. The Kier molecular flexibility index (Phi) is 10.6. The van der Waals surface area contributed by atoms with Gasteiger partial charge in [-0.15, -0.1) is 10.2 Å². The van der Waals surface area contributed by atoms with Gasteiger partial charge in [0.25, 0.3) is 0 Å². The molecular weight excluding hydrogens is 649 g/mol. The Morgan fingerprint density at radius 1 is 0.962 bits per heavy atom. The van der Waals surface area contributed by atoms with Gasteiger partial charge in [-0.1, -0.05) is 89.4 Å². The van der Waals surface area contributed by atoms with Gasteiger partial charge in [-0.05, 0) is 124 Å². The summed E-state index contributed by atoms with van der Waals surface area (Å²) < 4.78 is 12.8. The molecule has 2 aromatic rings. The topological polar surface area (TPSA) is 99.4 Å². The summed E-state index contributed by atoms with van der Waals surface area (Å²) in [5, 5.41) is 9.43. The summed E-state index contributed by atoms with van der Waals surface area (Å²) in [5.74, 6) is 3.49. The Bertz CT molecular complexity index is 1670. The van der Waals surface area contributed by atoms with Crippen LogP contribution in [-0.2, 0) is 24.5 Å². The number of aldehydes is 2. The van der Waals surface area contributed by atoms with Crippen LogP contribution in [0.25, 0.3) is 0 Å². The monoisotopic (exact) mass is 712 g/mol. The highest BCUT2D eigenvalue weighted by Crippen LogP contribution is 2.71. The number of carbonyl (C=O) groups excluding carboxylic acids is 3. The van der Waals surface area contributed by atoms with Crippen LogP contribution in [0.4, 0.5) is 0 Å². The molecule has 0 amide bonds. The predicted molar refractivity (Wildman–Crippen MR) is 204 cm³/mol. The van der Waals surface area contributed by atoms with Crippen LogP contribution in [0.5, 0.6) is 0 Å². The third-order valence-corrected chi connectivity index (χ3v) is 15.2. The molecule has 0 spiro atoms. The molecule has 7 nitrogen and oxygen atoms in total. The zero-order chi connectivity index (χ0) is 37.8. The van der Waals surface area contributed by atoms with E-state index >= 15 is 0 Å². The molecule has 0 N–H and O–H groups in total. The highest BCUT2D eigenvalue weighted by molar-refractivity contribution is 5.75. The van der Waals surface area contributed by atoms with E-state index in [0.29, 0.717) is 47.8 Å². The van der Waals surface area contributed by atoms with Gasteiger partial charge < -0.3 is 18.7 Å². The average Bonchev–Trinajstić information content (AvgIpc) is 3.60. The van der Waals surface area contributed by atoms with E-state index in [-0.39, 0.29) is 41.2 Å². The molecule has 4 aliphatic carbocycles. The minimum absolute atomic E-state index is 0.0421. The molecule has 0 bridgehead atoms. The highest BCUT2D eigenvalue weighted by atomic mass is 16.5. The van der Waals surface area contributed by atoms with Gasteiger partial charge in [0.15, 0.2) is 0 Å². The number of esters is 1. The molecule has 4 saturated carbocycles. The second kappa shape index (κ2) is 14.3. The zero-order valence-corrected chi connectivity index (χ0v) is 33.6. The molecular formula is C45H64N2O5. The van der Waals surface area contributed by atoms with E-state index in [1.807, 2.05) is 0 Å². The number of benzene rings is 1. The van der Waals surface area contributed by atoms with Crippen LogP contribution in [0.2, 0.25) is 0 Å². The fraction of sp³-hybridized carbons (Fsp3) is 0.711. The lowest BCUT2D eigenvalue weighted by Gasteiger charge is -2.67. The van der Waals surface area contributed by atoms with Gasteiger partial charge in [0.2, 0.25) is 11.8 Å². The first-order valence-electron chi connectivity index (χ1n) is 20.2. The summed E-state index contributed by atoms with van der Waals surface area (Å²) in [6.45, 7) is 22.1.